The van der Waals surface area contributed by atoms with E-state index in [0.717, 1.165) is 31.5 Å². The molecule has 2 aliphatic rings. The number of unbranched alkanes of at least 4 members (excludes halogenated alkanes) is 1. The van der Waals surface area contributed by atoms with E-state index in [9.17, 15) is 9.59 Å². The first-order valence-corrected chi connectivity index (χ1v) is 11.5. The Morgan fingerprint density at radius 2 is 2.10 bits per heavy atom. The van der Waals surface area contributed by atoms with Crippen molar-refractivity contribution in [1.82, 2.24) is 10.2 Å². The zero-order chi connectivity index (χ0) is 22.8. The fourth-order valence-corrected chi connectivity index (χ4v) is 4.58. The molecular weight excluding hydrogens is 394 g/mol. The van der Waals surface area contributed by atoms with Crippen LogP contribution in [0.15, 0.2) is 12.1 Å². The van der Waals surface area contributed by atoms with Crippen molar-refractivity contribution in [2.45, 2.75) is 78.0 Å². The Labute approximate surface area is 185 Å². The second kappa shape index (κ2) is 9.57. The lowest BCUT2D eigenvalue weighted by Gasteiger charge is -2.40. The molecule has 2 aliphatic heterocycles. The fourth-order valence-electron chi connectivity index (χ4n) is 4.58. The van der Waals surface area contributed by atoms with Crippen LogP contribution in [0.3, 0.4) is 0 Å². The van der Waals surface area contributed by atoms with Crippen LogP contribution in [0.1, 0.15) is 69.3 Å². The molecule has 2 heterocycles. The van der Waals surface area contributed by atoms with Gasteiger partial charge in [-0.2, -0.15) is 0 Å². The van der Waals surface area contributed by atoms with Crippen LogP contribution in [0, 0.1) is 6.92 Å². The van der Waals surface area contributed by atoms with Gasteiger partial charge in [0, 0.05) is 37.3 Å². The number of ether oxygens (including phenoxy) is 1. The van der Waals surface area contributed by atoms with E-state index < -0.39 is 5.60 Å². The number of nitrogens with zero attached hydrogens (tertiary/aromatic N) is 2. The van der Waals surface area contributed by atoms with Gasteiger partial charge in [0.2, 0.25) is 0 Å². The number of aryl methyl sites for hydroxylation is 1. The SMILES string of the molecule is Cc1cc2c(cc1C(=O)N(C(C)C)[C@@H]1CCCNC1)N(CCCCO)C(=O)C(C)(C)O2. The molecule has 31 heavy (non-hydrogen) atoms. The Morgan fingerprint density at radius 3 is 2.71 bits per heavy atom. The van der Waals surface area contributed by atoms with Crippen molar-refractivity contribution in [1.29, 1.82) is 0 Å². The van der Waals surface area contributed by atoms with Crippen molar-refractivity contribution >= 4 is 17.5 Å². The number of amides is 2. The summed E-state index contributed by atoms with van der Waals surface area (Å²) in [5.41, 5.74) is 1.13. The van der Waals surface area contributed by atoms with Crippen LogP contribution >= 0.6 is 0 Å². The number of fused-ring (bicyclic) bond motifs is 1. The van der Waals surface area contributed by atoms with Gasteiger partial charge in [0.15, 0.2) is 5.60 Å². The molecule has 0 unspecified atom stereocenters. The fraction of sp³-hybridized carbons (Fsp3) is 0.667. The molecule has 7 heteroatoms. The summed E-state index contributed by atoms with van der Waals surface area (Å²) in [7, 11) is 0. The molecule has 1 atom stereocenters. The summed E-state index contributed by atoms with van der Waals surface area (Å²) in [4.78, 5) is 30.5. The van der Waals surface area contributed by atoms with Gasteiger partial charge >= 0.3 is 0 Å². The number of carbonyl (C=O) groups is 2. The predicted octanol–water partition coefficient (Wildman–Crippen LogP) is 2.87. The minimum absolute atomic E-state index is 0.00316. The Balaban J connectivity index is 1.99. The van der Waals surface area contributed by atoms with E-state index in [1.165, 1.54) is 0 Å². The van der Waals surface area contributed by atoms with E-state index in [2.05, 4.69) is 19.2 Å². The van der Waals surface area contributed by atoms with Crippen LogP contribution in [-0.4, -0.2) is 65.7 Å². The van der Waals surface area contributed by atoms with E-state index in [1.807, 2.05) is 24.0 Å². The van der Waals surface area contributed by atoms with Gasteiger partial charge in [-0.15, -0.1) is 0 Å². The van der Waals surface area contributed by atoms with Gasteiger partial charge in [-0.05, 0) is 84.5 Å². The van der Waals surface area contributed by atoms with Gasteiger partial charge in [-0.3, -0.25) is 9.59 Å². The molecule has 0 saturated carbocycles. The van der Waals surface area contributed by atoms with Crippen molar-refractivity contribution in [3.63, 3.8) is 0 Å². The van der Waals surface area contributed by atoms with Gasteiger partial charge in [-0.1, -0.05) is 0 Å². The van der Waals surface area contributed by atoms with Crippen LogP contribution in [0.4, 0.5) is 5.69 Å². The van der Waals surface area contributed by atoms with Crippen molar-refractivity contribution < 1.29 is 19.4 Å². The lowest BCUT2D eigenvalue weighted by atomic mass is 9.97. The number of anilines is 1. The van der Waals surface area contributed by atoms with Crippen LogP contribution in [0.2, 0.25) is 0 Å². The van der Waals surface area contributed by atoms with Crippen LogP contribution in [0.5, 0.6) is 5.75 Å². The monoisotopic (exact) mass is 431 g/mol. The Kier molecular flexibility index (Phi) is 7.27. The Bertz CT molecular complexity index is 815. The van der Waals surface area contributed by atoms with E-state index in [0.29, 0.717) is 36.4 Å². The van der Waals surface area contributed by atoms with Gasteiger partial charge in [0.1, 0.15) is 5.75 Å². The van der Waals surface area contributed by atoms with Gasteiger partial charge in [-0.25, -0.2) is 0 Å². The summed E-state index contributed by atoms with van der Waals surface area (Å²) in [5, 5.41) is 12.6. The van der Waals surface area contributed by atoms with Crippen molar-refractivity contribution in [2.24, 2.45) is 0 Å². The molecule has 1 saturated heterocycles. The molecule has 0 spiro atoms. The van der Waals surface area contributed by atoms with E-state index >= 15 is 0 Å². The molecule has 3 rings (SSSR count). The highest BCUT2D eigenvalue weighted by Gasteiger charge is 2.41. The highest BCUT2D eigenvalue weighted by atomic mass is 16.5. The highest BCUT2D eigenvalue weighted by Crippen LogP contribution is 2.40. The normalized spacial score (nSPS) is 20.4. The third-order valence-electron chi connectivity index (χ3n) is 6.20. The summed E-state index contributed by atoms with van der Waals surface area (Å²) < 4.78 is 6.03. The van der Waals surface area contributed by atoms with Crippen LogP contribution in [0.25, 0.3) is 0 Å². The molecule has 1 fully saturated rings. The number of rotatable bonds is 7. The topological polar surface area (TPSA) is 82.1 Å². The predicted molar refractivity (Wildman–Crippen MR) is 122 cm³/mol. The molecule has 0 radical (unpaired) electrons. The molecule has 2 N–H and O–H groups in total. The average Bonchev–Trinajstić information content (AvgIpc) is 2.71. The summed E-state index contributed by atoms with van der Waals surface area (Å²) in [6.45, 7) is 11.9. The summed E-state index contributed by atoms with van der Waals surface area (Å²) in [5.74, 6) is 0.493. The zero-order valence-corrected chi connectivity index (χ0v) is 19.5. The number of aliphatic hydroxyl groups is 1. The number of hydrogen-bond acceptors (Lipinski definition) is 5. The number of hydrogen-bond donors (Lipinski definition) is 2. The molecule has 7 nitrogen and oxygen atoms in total. The summed E-state index contributed by atoms with van der Waals surface area (Å²) in [6.07, 6.45) is 3.35. The molecule has 0 aliphatic carbocycles. The third-order valence-corrected chi connectivity index (χ3v) is 6.20. The maximum absolute atomic E-state index is 13.7. The lowest BCUT2D eigenvalue weighted by molar-refractivity contribution is -0.132. The lowest BCUT2D eigenvalue weighted by Crippen LogP contribution is -2.53. The highest BCUT2D eigenvalue weighted by molar-refractivity contribution is 6.05. The first-order valence-electron chi connectivity index (χ1n) is 11.5. The number of nitrogens with one attached hydrogen (secondary N) is 1. The van der Waals surface area contributed by atoms with Crippen LogP contribution < -0.4 is 15.0 Å². The standard InChI is InChI=1S/C24H37N3O4/c1-16(2)27(18-9-8-10-25-15-18)22(29)19-14-20-21(13-17(19)3)31-24(4,5)23(30)26(20)11-6-7-12-28/h13-14,16,18,25,28H,6-12,15H2,1-5H3/t18-/m1/s1. The summed E-state index contributed by atoms with van der Waals surface area (Å²) >= 11 is 0. The third kappa shape index (κ3) is 4.88. The number of aliphatic hydroxyl groups excluding tert-OH is 1. The average molecular weight is 432 g/mol. The van der Waals surface area contributed by atoms with E-state index in [1.54, 1.807) is 18.7 Å². The number of benzene rings is 1. The first-order chi connectivity index (χ1) is 14.7. The van der Waals surface area contributed by atoms with E-state index in [4.69, 9.17) is 9.84 Å². The van der Waals surface area contributed by atoms with Gasteiger partial charge in [0.05, 0.1) is 5.69 Å². The number of carbonyl (C=O) groups excluding carboxylic acids is 2. The molecule has 0 bridgehead atoms. The molecule has 2 amide bonds. The molecule has 1 aromatic carbocycles. The Hall–Kier alpha value is -2.12. The zero-order valence-electron chi connectivity index (χ0n) is 19.5. The molecular formula is C24H37N3O4. The minimum Gasteiger partial charge on any atom is -0.476 e. The van der Waals surface area contributed by atoms with Gasteiger partial charge in [0.25, 0.3) is 11.8 Å². The molecule has 1 aromatic rings. The second-order valence-electron chi connectivity index (χ2n) is 9.44. The van der Waals surface area contributed by atoms with Crippen LogP contribution in [-0.2, 0) is 4.79 Å². The molecule has 0 aromatic heterocycles. The summed E-state index contributed by atoms with van der Waals surface area (Å²) in [6, 6.07) is 3.94. The number of piperidine rings is 1. The quantitative estimate of drug-likeness (QED) is 0.649. The smallest absolute Gasteiger partial charge is 0.270 e. The minimum atomic E-state index is -0.970. The van der Waals surface area contributed by atoms with E-state index in [-0.39, 0.29) is 30.5 Å². The first kappa shape index (κ1) is 23.5. The second-order valence-corrected chi connectivity index (χ2v) is 9.44. The maximum atomic E-state index is 13.7. The van der Waals surface area contributed by atoms with Crippen molar-refractivity contribution in [3.05, 3.63) is 23.3 Å². The van der Waals surface area contributed by atoms with Crippen molar-refractivity contribution in [2.75, 3.05) is 31.1 Å². The largest absolute Gasteiger partial charge is 0.476 e. The van der Waals surface area contributed by atoms with Crippen molar-refractivity contribution in [3.8, 4) is 5.75 Å². The molecule has 172 valence electrons. The maximum Gasteiger partial charge on any atom is 0.270 e. The van der Waals surface area contributed by atoms with Gasteiger partial charge < -0.3 is 25.0 Å². The Morgan fingerprint density at radius 1 is 1.35 bits per heavy atom.